The maximum absolute atomic E-state index is 10.8. The van der Waals surface area contributed by atoms with Crippen LogP contribution in [0.1, 0.15) is 58.2 Å². The molecule has 1 aromatic rings. The van der Waals surface area contributed by atoms with Gasteiger partial charge in [0.2, 0.25) is 0 Å². The quantitative estimate of drug-likeness (QED) is 0.837. The molecule has 0 aromatic carbocycles. The van der Waals surface area contributed by atoms with E-state index in [2.05, 4.69) is 23.9 Å². The van der Waals surface area contributed by atoms with Crippen LogP contribution in [0.25, 0.3) is 0 Å². The second-order valence-electron chi connectivity index (χ2n) is 5.60. The molecule has 4 nitrogen and oxygen atoms in total. The second kappa shape index (κ2) is 5.83. The predicted molar refractivity (Wildman–Crippen MR) is 71.2 cm³/mol. The maximum Gasteiger partial charge on any atom is 0.138 e. The summed E-state index contributed by atoms with van der Waals surface area (Å²) in [5, 5.41) is 15.0. The van der Waals surface area contributed by atoms with Crippen LogP contribution in [0.2, 0.25) is 0 Å². The minimum Gasteiger partial charge on any atom is -0.389 e. The van der Waals surface area contributed by atoms with E-state index in [-0.39, 0.29) is 0 Å². The first-order valence-corrected chi connectivity index (χ1v) is 7.26. The van der Waals surface area contributed by atoms with Crippen molar-refractivity contribution in [2.75, 3.05) is 0 Å². The van der Waals surface area contributed by atoms with E-state index in [4.69, 9.17) is 0 Å². The highest BCUT2D eigenvalue weighted by molar-refractivity contribution is 4.96. The molecule has 1 heterocycles. The van der Waals surface area contributed by atoms with Gasteiger partial charge in [-0.1, -0.05) is 26.2 Å². The van der Waals surface area contributed by atoms with Crippen LogP contribution in [0.5, 0.6) is 0 Å². The number of nitrogens with zero attached hydrogens (tertiary/aromatic N) is 3. The summed E-state index contributed by atoms with van der Waals surface area (Å²) in [7, 11) is 0. The third-order valence-corrected chi connectivity index (χ3v) is 4.33. The summed E-state index contributed by atoms with van der Waals surface area (Å²) < 4.78 is 1.89. The number of aliphatic hydroxyl groups is 1. The van der Waals surface area contributed by atoms with E-state index in [1.165, 1.54) is 12.8 Å². The molecule has 1 fully saturated rings. The van der Waals surface area contributed by atoms with Crippen molar-refractivity contribution in [3.8, 4) is 0 Å². The van der Waals surface area contributed by atoms with Crippen molar-refractivity contribution >= 4 is 0 Å². The summed E-state index contributed by atoms with van der Waals surface area (Å²) >= 11 is 0. The van der Waals surface area contributed by atoms with Gasteiger partial charge in [0.15, 0.2) is 0 Å². The van der Waals surface area contributed by atoms with Gasteiger partial charge in [0, 0.05) is 13.0 Å². The Kier molecular flexibility index (Phi) is 4.38. The Bertz CT molecular complexity index is 377. The highest BCUT2D eigenvalue weighted by Crippen LogP contribution is 2.33. The monoisotopic (exact) mass is 251 g/mol. The molecular weight excluding hydrogens is 226 g/mol. The standard InChI is InChI=1S/C14H25N3O/c1-3-12-6-5-8-14(18,9-7-12)10-13-15-11-16-17(13)4-2/h11-12,18H,3-10H2,1-2H3. The van der Waals surface area contributed by atoms with Crippen LogP contribution in [-0.2, 0) is 13.0 Å². The van der Waals surface area contributed by atoms with E-state index in [9.17, 15) is 5.11 Å². The van der Waals surface area contributed by atoms with Crippen LogP contribution in [0, 0.1) is 5.92 Å². The molecule has 4 heteroatoms. The fourth-order valence-electron chi connectivity index (χ4n) is 3.03. The van der Waals surface area contributed by atoms with E-state index in [1.807, 2.05) is 4.68 Å². The van der Waals surface area contributed by atoms with Crippen LogP contribution < -0.4 is 0 Å². The zero-order valence-corrected chi connectivity index (χ0v) is 11.6. The Hall–Kier alpha value is -0.900. The largest absolute Gasteiger partial charge is 0.389 e. The highest BCUT2D eigenvalue weighted by Gasteiger charge is 2.32. The third kappa shape index (κ3) is 3.10. The first-order valence-electron chi connectivity index (χ1n) is 7.26. The topological polar surface area (TPSA) is 50.9 Å². The molecule has 2 atom stereocenters. The molecule has 0 aliphatic heterocycles. The van der Waals surface area contributed by atoms with Crippen LogP contribution in [0.3, 0.4) is 0 Å². The first kappa shape index (κ1) is 13.5. The van der Waals surface area contributed by atoms with Crippen molar-refractivity contribution in [1.29, 1.82) is 0 Å². The fraction of sp³-hybridized carbons (Fsp3) is 0.857. The van der Waals surface area contributed by atoms with Crippen molar-refractivity contribution < 1.29 is 5.11 Å². The van der Waals surface area contributed by atoms with Crippen LogP contribution in [0.15, 0.2) is 6.33 Å². The van der Waals surface area contributed by atoms with Gasteiger partial charge < -0.3 is 5.11 Å². The van der Waals surface area contributed by atoms with Crippen LogP contribution >= 0.6 is 0 Å². The summed E-state index contributed by atoms with van der Waals surface area (Å²) in [4.78, 5) is 4.29. The molecule has 0 bridgehead atoms. The molecule has 2 rings (SSSR count). The summed E-state index contributed by atoms with van der Waals surface area (Å²) in [6, 6.07) is 0. The molecule has 1 N–H and O–H groups in total. The van der Waals surface area contributed by atoms with E-state index < -0.39 is 5.60 Å². The molecule has 0 amide bonds. The lowest BCUT2D eigenvalue weighted by Gasteiger charge is -2.26. The van der Waals surface area contributed by atoms with E-state index in [0.29, 0.717) is 6.42 Å². The Morgan fingerprint density at radius 2 is 2.22 bits per heavy atom. The lowest BCUT2D eigenvalue weighted by molar-refractivity contribution is 0.0213. The minimum absolute atomic E-state index is 0.566. The number of aryl methyl sites for hydroxylation is 1. The van der Waals surface area contributed by atoms with Crippen molar-refractivity contribution in [2.45, 2.75) is 70.9 Å². The van der Waals surface area contributed by atoms with Crippen molar-refractivity contribution in [3.63, 3.8) is 0 Å². The third-order valence-electron chi connectivity index (χ3n) is 4.33. The number of aromatic nitrogens is 3. The zero-order valence-electron chi connectivity index (χ0n) is 11.6. The minimum atomic E-state index is -0.566. The number of rotatable bonds is 4. The SMILES string of the molecule is CCC1CCCC(O)(Cc2ncnn2CC)CC1. The van der Waals surface area contributed by atoms with E-state index in [1.54, 1.807) is 6.33 Å². The first-order chi connectivity index (χ1) is 8.67. The predicted octanol–water partition coefficient (Wildman–Crippen LogP) is 2.56. The normalized spacial score (nSPS) is 29.2. The average molecular weight is 251 g/mol. The van der Waals surface area contributed by atoms with Crippen molar-refractivity contribution in [2.24, 2.45) is 5.92 Å². The molecular formula is C14H25N3O. The van der Waals surface area contributed by atoms with Gasteiger partial charge >= 0.3 is 0 Å². The second-order valence-corrected chi connectivity index (χ2v) is 5.60. The van der Waals surface area contributed by atoms with Gasteiger partial charge in [0.1, 0.15) is 12.2 Å². The number of hydrogen-bond donors (Lipinski definition) is 1. The summed E-state index contributed by atoms with van der Waals surface area (Å²) in [5.74, 6) is 1.72. The Labute approximate surface area is 109 Å². The maximum atomic E-state index is 10.8. The number of hydrogen-bond acceptors (Lipinski definition) is 3. The molecule has 1 aromatic heterocycles. The summed E-state index contributed by atoms with van der Waals surface area (Å²) in [6.45, 7) is 5.13. The molecule has 1 aliphatic carbocycles. The van der Waals surface area contributed by atoms with Crippen LogP contribution in [0.4, 0.5) is 0 Å². The summed E-state index contributed by atoms with van der Waals surface area (Å²) in [6.07, 6.45) is 8.83. The van der Waals surface area contributed by atoms with Crippen molar-refractivity contribution in [3.05, 3.63) is 12.2 Å². The van der Waals surface area contributed by atoms with Gasteiger partial charge in [0.05, 0.1) is 5.60 Å². The lowest BCUT2D eigenvalue weighted by Crippen LogP contribution is -2.32. The zero-order chi connectivity index (χ0) is 13.0. The van der Waals surface area contributed by atoms with Gasteiger partial charge in [0.25, 0.3) is 0 Å². The smallest absolute Gasteiger partial charge is 0.138 e. The highest BCUT2D eigenvalue weighted by atomic mass is 16.3. The van der Waals surface area contributed by atoms with Crippen molar-refractivity contribution in [1.82, 2.24) is 14.8 Å². The Morgan fingerprint density at radius 3 is 2.94 bits per heavy atom. The lowest BCUT2D eigenvalue weighted by atomic mass is 9.89. The molecule has 1 saturated carbocycles. The molecule has 0 saturated heterocycles. The van der Waals surface area contributed by atoms with E-state index in [0.717, 1.165) is 44.0 Å². The van der Waals surface area contributed by atoms with Gasteiger partial charge in [-0.15, -0.1) is 0 Å². The van der Waals surface area contributed by atoms with Gasteiger partial charge in [-0.2, -0.15) is 5.10 Å². The molecule has 0 spiro atoms. The van der Waals surface area contributed by atoms with Gasteiger partial charge in [-0.3, -0.25) is 4.68 Å². The molecule has 102 valence electrons. The summed E-state index contributed by atoms with van der Waals surface area (Å²) in [5.41, 5.74) is -0.566. The average Bonchev–Trinajstić information content (AvgIpc) is 2.71. The molecule has 1 aliphatic rings. The molecule has 0 radical (unpaired) electrons. The van der Waals surface area contributed by atoms with Crippen LogP contribution in [-0.4, -0.2) is 25.5 Å². The Balaban J connectivity index is 2.03. The van der Waals surface area contributed by atoms with Gasteiger partial charge in [-0.25, -0.2) is 4.98 Å². The van der Waals surface area contributed by atoms with Gasteiger partial charge in [-0.05, 0) is 32.1 Å². The fourth-order valence-corrected chi connectivity index (χ4v) is 3.03. The van der Waals surface area contributed by atoms with E-state index >= 15 is 0 Å². The molecule has 2 unspecified atom stereocenters. The Morgan fingerprint density at radius 1 is 1.39 bits per heavy atom. The molecule has 18 heavy (non-hydrogen) atoms.